The number of pyridine rings is 1. The van der Waals surface area contributed by atoms with Gasteiger partial charge < -0.3 is 24.2 Å². The second kappa shape index (κ2) is 11.0. The fourth-order valence-electron chi connectivity index (χ4n) is 5.03. The molecular weight excluding hydrogens is 496 g/mol. The molecule has 0 radical (unpaired) electrons. The van der Waals surface area contributed by atoms with E-state index in [1.54, 1.807) is 60.9 Å². The van der Waals surface area contributed by atoms with Crippen LogP contribution in [0.25, 0.3) is 5.76 Å². The van der Waals surface area contributed by atoms with Gasteiger partial charge in [-0.3, -0.25) is 14.6 Å². The largest absolute Gasteiger partial charge is 0.507 e. The molecule has 200 valence electrons. The molecule has 3 aromatic rings. The highest BCUT2D eigenvalue weighted by Gasteiger charge is 2.46. The van der Waals surface area contributed by atoms with Crippen molar-refractivity contribution in [1.29, 1.82) is 0 Å². The zero-order valence-electron chi connectivity index (χ0n) is 21.9. The second-order valence-corrected chi connectivity index (χ2v) is 9.48. The summed E-state index contributed by atoms with van der Waals surface area (Å²) < 4.78 is 17.4. The van der Waals surface area contributed by atoms with Crippen molar-refractivity contribution in [2.75, 3.05) is 13.2 Å². The van der Waals surface area contributed by atoms with Gasteiger partial charge in [-0.15, -0.1) is 0 Å². The van der Waals surface area contributed by atoms with Crippen LogP contribution in [-0.4, -0.2) is 46.0 Å². The number of carbonyl (C=O) groups is 2. The Bertz CT molecular complexity index is 1450. The van der Waals surface area contributed by atoms with Crippen LogP contribution in [-0.2, 0) is 22.6 Å². The van der Waals surface area contributed by atoms with Crippen LogP contribution in [0.2, 0.25) is 0 Å². The van der Waals surface area contributed by atoms with Crippen molar-refractivity contribution >= 4 is 17.4 Å². The number of amides is 1. The van der Waals surface area contributed by atoms with Crippen LogP contribution in [0.5, 0.6) is 17.2 Å². The number of hydrogen-bond acceptors (Lipinski definition) is 7. The molecule has 2 aromatic carbocycles. The van der Waals surface area contributed by atoms with Gasteiger partial charge in [0.1, 0.15) is 24.2 Å². The molecule has 0 bridgehead atoms. The minimum Gasteiger partial charge on any atom is -0.507 e. The molecule has 2 aliphatic rings. The molecule has 8 heteroatoms. The van der Waals surface area contributed by atoms with E-state index in [1.807, 2.05) is 19.9 Å². The number of carbonyl (C=O) groups excluding carboxylic acids is 2. The van der Waals surface area contributed by atoms with Crippen molar-refractivity contribution in [1.82, 2.24) is 9.88 Å². The molecular formula is C31H30N2O6. The summed E-state index contributed by atoms with van der Waals surface area (Å²) in [7, 11) is 0. The predicted octanol–water partition coefficient (Wildman–Crippen LogP) is 4.99. The fourth-order valence-corrected chi connectivity index (χ4v) is 5.03. The number of fused-ring (bicyclic) bond motifs is 1. The topological polar surface area (TPSA) is 98.2 Å². The summed E-state index contributed by atoms with van der Waals surface area (Å²) in [6.07, 6.45) is 5.62. The summed E-state index contributed by atoms with van der Waals surface area (Å²) in [5.41, 5.74) is 2.82. The summed E-state index contributed by atoms with van der Waals surface area (Å²) in [6, 6.07) is 13.3. The molecule has 1 aromatic heterocycles. The summed E-state index contributed by atoms with van der Waals surface area (Å²) in [6.45, 7) is 8.36. The van der Waals surface area contributed by atoms with E-state index in [-0.39, 0.29) is 24.0 Å². The number of rotatable bonds is 9. The first-order chi connectivity index (χ1) is 18.9. The normalized spacial score (nSPS) is 19.5. The van der Waals surface area contributed by atoms with Crippen LogP contribution in [0.1, 0.15) is 42.1 Å². The lowest BCUT2D eigenvalue weighted by atomic mass is 9.94. The maximum atomic E-state index is 13.5. The Hall–Kier alpha value is -4.59. The lowest BCUT2D eigenvalue weighted by Gasteiger charge is -2.26. The molecule has 1 amide bonds. The number of aliphatic hydroxyl groups excluding tert-OH is 1. The third-order valence-electron chi connectivity index (χ3n) is 6.75. The second-order valence-electron chi connectivity index (χ2n) is 9.48. The van der Waals surface area contributed by atoms with Crippen molar-refractivity contribution < 1.29 is 28.9 Å². The van der Waals surface area contributed by atoms with E-state index in [1.165, 1.54) is 4.90 Å². The zero-order chi connectivity index (χ0) is 27.5. The molecule has 5 rings (SSSR count). The smallest absolute Gasteiger partial charge is 0.295 e. The minimum absolute atomic E-state index is 0.0168. The van der Waals surface area contributed by atoms with Gasteiger partial charge in [-0.1, -0.05) is 18.7 Å². The first-order valence-electron chi connectivity index (χ1n) is 12.9. The lowest BCUT2D eigenvalue weighted by molar-refractivity contribution is -0.140. The number of hydrogen-bond donors (Lipinski definition) is 1. The molecule has 1 fully saturated rings. The monoisotopic (exact) mass is 526 g/mol. The number of ketones is 1. The Labute approximate surface area is 227 Å². The van der Waals surface area contributed by atoms with E-state index in [0.29, 0.717) is 42.3 Å². The standard InChI is InChI=1S/C31H30N2O6/c1-4-14-38-25-9-6-21(17-26(25)37-5-2)28-27(29(34)22-7-8-24-23(16-22)15-19(3)39-24)30(35)31(36)33(28)18-20-10-12-32-13-11-20/h4,6-13,16-17,19,28,34H,1,5,14-15,18H2,2-3H3/b29-27-. The summed E-state index contributed by atoms with van der Waals surface area (Å²) in [5.74, 6) is 0.0606. The molecule has 8 nitrogen and oxygen atoms in total. The highest BCUT2D eigenvalue weighted by molar-refractivity contribution is 6.46. The van der Waals surface area contributed by atoms with Gasteiger partial charge in [0.2, 0.25) is 0 Å². The van der Waals surface area contributed by atoms with E-state index >= 15 is 0 Å². The van der Waals surface area contributed by atoms with Crippen LogP contribution < -0.4 is 14.2 Å². The Balaban J connectivity index is 1.64. The third-order valence-corrected chi connectivity index (χ3v) is 6.75. The molecule has 2 unspecified atom stereocenters. The lowest BCUT2D eigenvalue weighted by Crippen LogP contribution is -2.29. The third kappa shape index (κ3) is 5.10. The highest BCUT2D eigenvalue weighted by atomic mass is 16.5. The molecule has 2 atom stereocenters. The van der Waals surface area contributed by atoms with Gasteiger partial charge in [-0.05, 0) is 73.0 Å². The SMILES string of the molecule is C=CCOc1ccc(C2/C(=C(/O)c3ccc4c(c3)CC(C)O4)C(=O)C(=O)N2Cc2ccncc2)cc1OCC. The van der Waals surface area contributed by atoms with Gasteiger partial charge in [-0.2, -0.15) is 0 Å². The number of Topliss-reactive ketones (excluding diaryl/α,β-unsaturated/α-hetero) is 1. The molecule has 39 heavy (non-hydrogen) atoms. The number of benzene rings is 2. The van der Waals surface area contributed by atoms with Gasteiger partial charge in [0, 0.05) is 30.9 Å². The number of nitrogens with zero attached hydrogens (tertiary/aromatic N) is 2. The van der Waals surface area contributed by atoms with Crippen LogP contribution >= 0.6 is 0 Å². The Morgan fingerprint density at radius 2 is 1.92 bits per heavy atom. The Kier molecular flexibility index (Phi) is 7.36. The first kappa shape index (κ1) is 26.0. The van der Waals surface area contributed by atoms with Crippen molar-refractivity contribution in [3.05, 3.63) is 101 Å². The van der Waals surface area contributed by atoms with Crippen LogP contribution in [0.4, 0.5) is 0 Å². The number of likely N-dealkylation sites (tertiary alicyclic amines) is 1. The van der Waals surface area contributed by atoms with Gasteiger partial charge in [0.15, 0.2) is 11.5 Å². The van der Waals surface area contributed by atoms with E-state index in [4.69, 9.17) is 14.2 Å². The van der Waals surface area contributed by atoms with Crippen molar-refractivity contribution in [2.45, 2.75) is 39.0 Å². The van der Waals surface area contributed by atoms with Crippen molar-refractivity contribution in [2.24, 2.45) is 0 Å². The summed E-state index contributed by atoms with van der Waals surface area (Å²) in [5, 5.41) is 11.5. The number of aliphatic hydroxyl groups is 1. The first-order valence-corrected chi connectivity index (χ1v) is 12.9. The molecule has 1 N–H and O–H groups in total. The van der Waals surface area contributed by atoms with E-state index in [0.717, 1.165) is 16.9 Å². The van der Waals surface area contributed by atoms with E-state index < -0.39 is 17.7 Å². The van der Waals surface area contributed by atoms with E-state index in [2.05, 4.69) is 11.6 Å². The van der Waals surface area contributed by atoms with Crippen LogP contribution in [0, 0.1) is 0 Å². The van der Waals surface area contributed by atoms with Crippen LogP contribution in [0.3, 0.4) is 0 Å². The zero-order valence-corrected chi connectivity index (χ0v) is 21.9. The summed E-state index contributed by atoms with van der Waals surface area (Å²) in [4.78, 5) is 32.4. The molecule has 0 aliphatic carbocycles. The Morgan fingerprint density at radius 1 is 1.13 bits per heavy atom. The molecule has 0 saturated carbocycles. The van der Waals surface area contributed by atoms with Gasteiger partial charge >= 0.3 is 0 Å². The molecule has 0 spiro atoms. The van der Waals surface area contributed by atoms with Gasteiger partial charge in [0.25, 0.3) is 11.7 Å². The van der Waals surface area contributed by atoms with Crippen LogP contribution in [0.15, 0.2) is 79.2 Å². The summed E-state index contributed by atoms with van der Waals surface area (Å²) >= 11 is 0. The number of ether oxygens (including phenoxy) is 3. The predicted molar refractivity (Wildman–Crippen MR) is 146 cm³/mol. The Morgan fingerprint density at radius 3 is 2.67 bits per heavy atom. The number of aromatic nitrogens is 1. The maximum Gasteiger partial charge on any atom is 0.295 e. The molecule has 1 saturated heterocycles. The molecule has 3 heterocycles. The fraction of sp³-hybridized carbons (Fsp3) is 0.258. The van der Waals surface area contributed by atoms with Gasteiger partial charge in [-0.25, -0.2) is 0 Å². The minimum atomic E-state index is -0.853. The average molecular weight is 527 g/mol. The molecule has 2 aliphatic heterocycles. The van der Waals surface area contributed by atoms with Crippen molar-refractivity contribution in [3.63, 3.8) is 0 Å². The maximum absolute atomic E-state index is 13.5. The van der Waals surface area contributed by atoms with Crippen molar-refractivity contribution in [3.8, 4) is 17.2 Å². The van der Waals surface area contributed by atoms with Gasteiger partial charge in [0.05, 0.1) is 18.2 Å². The van der Waals surface area contributed by atoms with E-state index in [9.17, 15) is 14.7 Å². The quantitative estimate of drug-likeness (QED) is 0.182. The highest BCUT2D eigenvalue weighted by Crippen LogP contribution is 2.43. The average Bonchev–Trinajstić information content (AvgIpc) is 3.43.